The van der Waals surface area contributed by atoms with Crippen molar-refractivity contribution in [3.63, 3.8) is 0 Å². The molecule has 1 aliphatic rings. The van der Waals surface area contributed by atoms with E-state index in [0.717, 1.165) is 17.5 Å². The number of sulfonamides is 1. The summed E-state index contributed by atoms with van der Waals surface area (Å²) in [4.78, 5) is 0.201. The molecule has 1 aromatic carbocycles. The fraction of sp³-hybridized carbons (Fsp3) is 0.538. The van der Waals surface area contributed by atoms with Crippen LogP contribution in [0.25, 0.3) is 0 Å². The number of hydrogen-bond donors (Lipinski definition) is 1. The van der Waals surface area contributed by atoms with Gasteiger partial charge in [0, 0.05) is 20.2 Å². The van der Waals surface area contributed by atoms with E-state index in [2.05, 4.69) is 0 Å². The topological polar surface area (TPSA) is 72.6 Å². The average molecular weight is 284 g/mol. The molecule has 0 saturated carbocycles. The highest BCUT2D eigenvalue weighted by molar-refractivity contribution is 7.89. The average Bonchev–Trinajstić information content (AvgIpc) is 2.83. The molecule has 1 saturated heterocycles. The van der Waals surface area contributed by atoms with Crippen molar-refractivity contribution in [2.75, 3.05) is 25.9 Å². The monoisotopic (exact) mass is 284 g/mol. The minimum atomic E-state index is -3.52. The van der Waals surface area contributed by atoms with E-state index in [0.29, 0.717) is 18.8 Å². The van der Waals surface area contributed by atoms with Crippen LogP contribution in [0.5, 0.6) is 0 Å². The van der Waals surface area contributed by atoms with Crippen LogP contribution in [0.4, 0.5) is 5.69 Å². The third-order valence-corrected chi connectivity index (χ3v) is 5.61. The molecule has 1 aromatic rings. The highest BCUT2D eigenvalue weighted by Gasteiger charge is 2.33. The molecule has 0 bridgehead atoms. The molecule has 2 N–H and O–H groups in total. The Morgan fingerprint density at radius 3 is 2.53 bits per heavy atom. The van der Waals surface area contributed by atoms with Crippen molar-refractivity contribution in [3.05, 3.63) is 23.3 Å². The molecule has 0 amide bonds. The summed E-state index contributed by atoms with van der Waals surface area (Å²) in [6.45, 7) is 4.67. The third kappa shape index (κ3) is 2.61. The van der Waals surface area contributed by atoms with Crippen LogP contribution in [-0.2, 0) is 14.8 Å². The highest BCUT2D eigenvalue weighted by Crippen LogP contribution is 2.28. The second kappa shape index (κ2) is 5.11. The van der Waals surface area contributed by atoms with Gasteiger partial charge in [-0.15, -0.1) is 0 Å². The fourth-order valence-corrected chi connectivity index (χ4v) is 3.95. The van der Waals surface area contributed by atoms with Gasteiger partial charge in [-0.2, -0.15) is 4.31 Å². The van der Waals surface area contributed by atoms with Gasteiger partial charge in [-0.3, -0.25) is 0 Å². The lowest BCUT2D eigenvalue weighted by Gasteiger charge is -2.18. The van der Waals surface area contributed by atoms with E-state index in [1.807, 2.05) is 13.8 Å². The quantitative estimate of drug-likeness (QED) is 0.849. The minimum absolute atomic E-state index is 0.0254. The number of hydrogen-bond acceptors (Lipinski definition) is 4. The molecular formula is C13H20N2O3S. The zero-order valence-corrected chi connectivity index (χ0v) is 12.3. The van der Waals surface area contributed by atoms with Crippen molar-refractivity contribution in [1.82, 2.24) is 4.31 Å². The van der Waals surface area contributed by atoms with Crippen LogP contribution in [0.15, 0.2) is 17.0 Å². The SMILES string of the molecule is COC1CCN(S(=O)(=O)c2cc(C)c(C)cc2N)C1. The Hall–Kier alpha value is -1.11. The summed E-state index contributed by atoms with van der Waals surface area (Å²) in [5.74, 6) is 0. The first kappa shape index (κ1) is 14.3. The summed E-state index contributed by atoms with van der Waals surface area (Å²) in [5.41, 5.74) is 8.10. The standard InChI is InChI=1S/C13H20N2O3S/c1-9-6-12(14)13(7-10(9)2)19(16,17)15-5-4-11(8-15)18-3/h6-7,11H,4-5,8,14H2,1-3H3. The second-order valence-corrected chi connectivity index (χ2v) is 6.89. The number of benzene rings is 1. The van der Waals surface area contributed by atoms with E-state index < -0.39 is 10.0 Å². The minimum Gasteiger partial charge on any atom is -0.398 e. The maximum Gasteiger partial charge on any atom is 0.245 e. The molecule has 1 heterocycles. The zero-order valence-electron chi connectivity index (χ0n) is 11.5. The van der Waals surface area contributed by atoms with Crippen molar-refractivity contribution in [1.29, 1.82) is 0 Å². The highest BCUT2D eigenvalue weighted by atomic mass is 32.2. The van der Waals surface area contributed by atoms with Crippen LogP contribution < -0.4 is 5.73 Å². The summed E-state index contributed by atoms with van der Waals surface area (Å²) >= 11 is 0. The largest absolute Gasteiger partial charge is 0.398 e. The third-order valence-electron chi connectivity index (χ3n) is 3.69. The molecule has 1 fully saturated rings. The van der Waals surface area contributed by atoms with E-state index in [9.17, 15) is 8.42 Å². The smallest absolute Gasteiger partial charge is 0.245 e. The number of ether oxygens (including phenoxy) is 1. The van der Waals surface area contributed by atoms with Gasteiger partial charge in [0.2, 0.25) is 10.0 Å². The molecule has 5 nitrogen and oxygen atoms in total. The van der Waals surface area contributed by atoms with Crippen molar-refractivity contribution in [2.45, 2.75) is 31.3 Å². The lowest BCUT2D eigenvalue weighted by atomic mass is 10.1. The van der Waals surface area contributed by atoms with Gasteiger partial charge in [0.05, 0.1) is 11.8 Å². The van der Waals surface area contributed by atoms with Crippen LogP contribution in [0, 0.1) is 13.8 Å². The summed E-state index contributed by atoms with van der Waals surface area (Å²) in [6.07, 6.45) is 0.697. The summed E-state index contributed by atoms with van der Waals surface area (Å²) in [6, 6.07) is 3.37. The van der Waals surface area contributed by atoms with Gasteiger partial charge in [0.15, 0.2) is 0 Å². The molecule has 0 aliphatic carbocycles. The number of nitrogens with two attached hydrogens (primary N) is 1. The van der Waals surface area contributed by atoms with E-state index >= 15 is 0 Å². The maximum absolute atomic E-state index is 12.6. The number of rotatable bonds is 3. The molecule has 1 aliphatic heterocycles. The van der Waals surface area contributed by atoms with Gasteiger partial charge in [-0.05, 0) is 43.5 Å². The summed E-state index contributed by atoms with van der Waals surface area (Å²) in [5, 5.41) is 0. The normalized spacial score (nSPS) is 20.9. The molecule has 1 atom stereocenters. The first-order chi connectivity index (χ1) is 8.86. The molecule has 0 aromatic heterocycles. The molecule has 2 rings (SSSR count). The Morgan fingerprint density at radius 2 is 1.95 bits per heavy atom. The van der Waals surface area contributed by atoms with Gasteiger partial charge >= 0.3 is 0 Å². The van der Waals surface area contributed by atoms with Crippen molar-refractivity contribution in [2.24, 2.45) is 0 Å². The Balaban J connectivity index is 2.38. The van der Waals surface area contributed by atoms with Gasteiger partial charge in [0.1, 0.15) is 4.90 Å². The number of nitrogen functional groups attached to an aromatic ring is 1. The molecule has 0 spiro atoms. The molecule has 106 valence electrons. The fourth-order valence-electron chi connectivity index (χ4n) is 2.28. The van der Waals surface area contributed by atoms with Crippen molar-refractivity contribution < 1.29 is 13.2 Å². The number of methoxy groups -OCH3 is 1. The molecule has 1 unspecified atom stereocenters. The van der Waals surface area contributed by atoms with Crippen LogP contribution >= 0.6 is 0 Å². The van der Waals surface area contributed by atoms with Crippen molar-refractivity contribution >= 4 is 15.7 Å². The van der Waals surface area contributed by atoms with E-state index in [1.54, 1.807) is 19.2 Å². The Kier molecular flexibility index (Phi) is 3.85. The summed E-state index contributed by atoms with van der Waals surface area (Å²) < 4.78 is 31.8. The van der Waals surface area contributed by atoms with Gasteiger partial charge < -0.3 is 10.5 Å². The van der Waals surface area contributed by atoms with E-state index in [4.69, 9.17) is 10.5 Å². The van der Waals surface area contributed by atoms with Crippen LogP contribution in [0.1, 0.15) is 17.5 Å². The Labute approximate surface area is 114 Å². The first-order valence-corrected chi connectivity index (χ1v) is 7.70. The van der Waals surface area contributed by atoms with E-state index in [-0.39, 0.29) is 11.0 Å². The Morgan fingerprint density at radius 1 is 1.32 bits per heavy atom. The van der Waals surface area contributed by atoms with Crippen LogP contribution in [0.2, 0.25) is 0 Å². The van der Waals surface area contributed by atoms with Crippen molar-refractivity contribution in [3.8, 4) is 0 Å². The second-order valence-electron chi connectivity index (χ2n) is 4.98. The lowest BCUT2D eigenvalue weighted by Crippen LogP contribution is -2.30. The zero-order chi connectivity index (χ0) is 14.2. The van der Waals surface area contributed by atoms with Gasteiger partial charge in [-0.25, -0.2) is 8.42 Å². The van der Waals surface area contributed by atoms with Crippen LogP contribution in [-0.4, -0.2) is 39.0 Å². The maximum atomic E-state index is 12.6. The lowest BCUT2D eigenvalue weighted by molar-refractivity contribution is 0.115. The van der Waals surface area contributed by atoms with E-state index in [1.165, 1.54) is 4.31 Å². The Bertz CT molecular complexity index is 584. The predicted molar refractivity (Wildman–Crippen MR) is 74.5 cm³/mol. The van der Waals surface area contributed by atoms with Gasteiger partial charge in [-0.1, -0.05) is 0 Å². The number of aryl methyl sites for hydroxylation is 2. The molecule has 6 heteroatoms. The molecule has 19 heavy (non-hydrogen) atoms. The predicted octanol–water partition coefficient (Wildman–Crippen LogP) is 1.30. The van der Waals surface area contributed by atoms with Gasteiger partial charge in [0.25, 0.3) is 0 Å². The number of anilines is 1. The first-order valence-electron chi connectivity index (χ1n) is 6.26. The number of nitrogens with zero attached hydrogens (tertiary/aromatic N) is 1. The van der Waals surface area contributed by atoms with Crippen LogP contribution in [0.3, 0.4) is 0 Å². The molecular weight excluding hydrogens is 264 g/mol. The molecule has 0 radical (unpaired) electrons. The summed E-state index contributed by atoms with van der Waals surface area (Å²) in [7, 11) is -1.92.